The normalized spacial score (nSPS) is 18.1. The van der Waals surface area contributed by atoms with E-state index in [-0.39, 0.29) is 42.7 Å². The Labute approximate surface area is 168 Å². The van der Waals surface area contributed by atoms with Crippen LogP contribution in [-0.4, -0.2) is 42.6 Å². The molecule has 1 aliphatic heterocycles. The van der Waals surface area contributed by atoms with E-state index in [0.29, 0.717) is 11.4 Å². The number of sulfonamides is 1. The third-order valence-electron chi connectivity index (χ3n) is 4.75. The number of hydrogen-bond donors (Lipinski definition) is 0. The van der Waals surface area contributed by atoms with Crippen LogP contribution in [0.1, 0.15) is 28.9 Å². The molecule has 0 aliphatic carbocycles. The molecule has 2 aromatic carbocycles. The van der Waals surface area contributed by atoms with E-state index in [0.717, 1.165) is 5.56 Å². The predicted octanol–water partition coefficient (Wildman–Crippen LogP) is 2.87. The Morgan fingerprint density at radius 1 is 1.17 bits per heavy atom. The summed E-state index contributed by atoms with van der Waals surface area (Å²) in [6.45, 7) is 2.41. The van der Waals surface area contributed by atoms with Gasteiger partial charge in [-0.1, -0.05) is 41.1 Å². The van der Waals surface area contributed by atoms with Crippen molar-refractivity contribution in [1.29, 1.82) is 0 Å². The standard InChI is InChI=1S/C20H20FN3O4S/c1-14-6-8-16(9-7-14)29(25,26)24-10-11-27-18(13-24)20-22-19(23-28-20)12-15-4-2-3-5-17(15)21/h2-9,18H,10-13H2,1H3/t18-/m0/s1. The van der Waals surface area contributed by atoms with Crippen molar-refractivity contribution >= 4 is 10.0 Å². The zero-order valence-corrected chi connectivity index (χ0v) is 16.6. The highest BCUT2D eigenvalue weighted by Gasteiger charge is 2.34. The largest absolute Gasteiger partial charge is 0.366 e. The van der Waals surface area contributed by atoms with Gasteiger partial charge in [0.25, 0.3) is 5.89 Å². The quantitative estimate of drug-likeness (QED) is 0.635. The van der Waals surface area contributed by atoms with Crippen molar-refractivity contribution in [1.82, 2.24) is 14.4 Å². The van der Waals surface area contributed by atoms with Crippen LogP contribution in [0.15, 0.2) is 57.9 Å². The number of benzene rings is 2. The Morgan fingerprint density at radius 2 is 1.93 bits per heavy atom. The van der Waals surface area contributed by atoms with Crippen LogP contribution in [0.2, 0.25) is 0 Å². The summed E-state index contributed by atoms with van der Waals surface area (Å²) in [6.07, 6.45) is -0.500. The molecule has 0 saturated carbocycles. The summed E-state index contributed by atoms with van der Waals surface area (Å²) in [5, 5.41) is 3.88. The number of rotatable bonds is 5. The molecule has 29 heavy (non-hydrogen) atoms. The summed E-state index contributed by atoms with van der Waals surface area (Å²) in [6, 6.07) is 13.1. The Bertz CT molecular complexity index is 1100. The predicted molar refractivity (Wildman–Crippen MR) is 102 cm³/mol. The number of ether oxygens (including phenoxy) is 1. The molecule has 2 heterocycles. The summed E-state index contributed by atoms with van der Waals surface area (Å²) < 4.78 is 51.9. The highest BCUT2D eigenvalue weighted by atomic mass is 32.2. The molecule has 0 amide bonds. The average Bonchev–Trinajstić information content (AvgIpc) is 3.19. The molecule has 0 spiro atoms. The third-order valence-corrected chi connectivity index (χ3v) is 6.63. The van der Waals surface area contributed by atoms with Crippen molar-refractivity contribution in [2.45, 2.75) is 24.3 Å². The number of aromatic nitrogens is 2. The SMILES string of the molecule is Cc1ccc(S(=O)(=O)N2CCO[C@H](c3nc(Cc4ccccc4F)no3)C2)cc1. The van der Waals surface area contributed by atoms with Crippen LogP contribution >= 0.6 is 0 Å². The molecule has 1 aromatic heterocycles. The molecule has 1 fully saturated rings. The van der Waals surface area contributed by atoms with Crippen molar-refractivity contribution in [3.63, 3.8) is 0 Å². The van der Waals surface area contributed by atoms with Gasteiger partial charge in [-0.3, -0.25) is 0 Å². The third kappa shape index (κ3) is 4.21. The molecule has 1 aliphatic rings. The minimum Gasteiger partial charge on any atom is -0.366 e. The van der Waals surface area contributed by atoms with Crippen LogP contribution in [0.25, 0.3) is 0 Å². The topological polar surface area (TPSA) is 85.5 Å². The zero-order valence-electron chi connectivity index (χ0n) is 15.8. The molecular formula is C20H20FN3O4S. The summed E-state index contributed by atoms with van der Waals surface area (Å²) in [5.41, 5.74) is 1.44. The second-order valence-corrected chi connectivity index (χ2v) is 8.79. The lowest BCUT2D eigenvalue weighted by atomic mass is 10.1. The fraction of sp³-hybridized carbons (Fsp3) is 0.300. The number of hydrogen-bond acceptors (Lipinski definition) is 6. The average molecular weight is 417 g/mol. The highest BCUT2D eigenvalue weighted by molar-refractivity contribution is 7.89. The minimum atomic E-state index is -3.65. The monoisotopic (exact) mass is 417 g/mol. The lowest BCUT2D eigenvalue weighted by Crippen LogP contribution is -2.42. The Morgan fingerprint density at radius 3 is 2.69 bits per heavy atom. The minimum absolute atomic E-state index is 0.0670. The van der Waals surface area contributed by atoms with Crippen LogP contribution in [-0.2, 0) is 21.2 Å². The van der Waals surface area contributed by atoms with E-state index < -0.39 is 16.1 Å². The first-order chi connectivity index (χ1) is 13.9. The van der Waals surface area contributed by atoms with E-state index in [2.05, 4.69) is 10.1 Å². The van der Waals surface area contributed by atoms with Crippen molar-refractivity contribution in [3.8, 4) is 0 Å². The van der Waals surface area contributed by atoms with Gasteiger partial charge in [0, 0.05) is 19.5 Å². The van der Waals surface area contributed by atoms with Gasteiger partial charge in [0.15, 0.2) is 11.9 Å². The number of halogens is 1. The van der Waals surface area contributed by atoms with Gasteiger partial charge in [-0.05, 0) is 30.7 Å². The maximum atomic E-state index is 13.8. The molecule has 7 nitrogen and oxygen atoms in total. The molecule has 0 radical (unpaired) electrons. The van der Waals surface area contributed by atoms with E-state index in [9.17, 15) is 12.8 Å². The van der Waals surface area contributed by atoms with Gasteiger partial charge in [0.05, 0.1) is 11.5 Å². The zero-order chi connectivity index (χ0) is 20.4. The van der Waals surface area contributed by atoms with Crippen LogP contribution in [0.3, 0.4) is 0 Å². The number of morpholine rings is 1. The first-order valence-corrected chi connectivity index (χ1v) is 10.6. The fourth-order valence-electron chi connectivity index (χ4n) is 3.13. The lowest BCUT2D eigenvalue weighted by Gasteiger charge is -2.30. The molecule has 1 saturated heterocycles. The first-order valence-electron chi connectivity index (χ1n) is 9.18. The molecule has 0 N–H and O–H groups in total. The van der Waals surface area contributed by atoms with E-state index in [1.54, 1.807) is 42.5 Å². The van der Waals surface area contributed by atoms with Gasteiger partial charge in [-0.15, -0.1) is 0 Å². The molecule has 1 atom stereocenters. The fourth-order valence-corrected chi connectivity index (χ4v) is 4.56. The Hall–Kier alpha value is -2.62. The molecule has 152 valence electrons. The molecular weight excluding hydrogens is 397 g/mol. The maximum absolute atomic E-state index is 13.8. The van der Waals surface area contributed by atoms with Gasteiger partial charge in [0.1, 0.15) is 5.82 Å². The van der Waals surface area contributed by atoms with Crippen molar-refractivity contribution < 1.29 is 22.1 Å². The van der Waals surface area contributed by atoms with Gasteiger partial charge < -0.3 is 9.26 Å². The summed E-state index contributed by atoms with van der Waals surface area (Å²) in [4.78, 5) is 4.51. The van der Waals surface area contributed by atoms with Gasteiger partial charge >= 0.3 is 0 Å². The molecule has 4 rings (SSSR count). The summed E-state index contributed by atoms with van der Waals surface area (Å²) >= 11 is 0. The van der Waals surface area contributed by atoms with Gasteiger partial charge in [-0.2, -0.15) is 9.29 Å². The van der Waals surface area contributed by atoms with E-state index >= 15 is 0 Å². The van der Waals surface area contributed by atoms with Crippen LogP contribution in [0, 0.1) is 12.7 Å². The maximum Gasteiger partial charge on any atom is 0.257 e. The molecule has 3 aromatic rings. The second-order valence-electron chi connectivity index (χ2n) is 6.85. The lowest BCUT2D eigenvalue weighted by molar-refractivity contribution is -0.0199. The summed E-state index contributed by atoms with van der Waals surface area (Å²) in [5.74, 6) is 0.149. The van der Waals surface area contributed by atoms with Crippen LogP contribution in [0.5, 0.6) is 0 Å². The second kappa shape index (κ2) is 8.02. The van der Waals surface area contributed by atoms with Gasteiger partial charge in [0.2, 0.25) is 10.0 Å². The highest BCUT2D eigenvalue weighted by Crippen LogP contribution is 2.26. The van der Waals surface area contributed by atoms with Crippen molar-refractivity contribution in [2.75, 3.05) is 19.7 Å². The summed E-state index contributed by atoms with van der Waals surface area (Å²) in [7, 11) is -3.65. The smallest absolute Gasteiger partial charge is 0.257 e. The Balaban J connectivity index is 1.50. The molecule has 0 unspecified atom stereocenters. The van der Waals surface area contributed by atoms with Crippen molar-refractivity contribution in [3.05, 3.63) is 77.2 Å². The van der Waals surface area contributed by atoms with E-state index in [1.807, 2.05) is 6.92 Å². The number of aryl methyl sites for hydroxylation is 1. The van der Waals surface area contributed by atoms with E-state index in [4.69, 9.17) is 9.26 Å². The molecule has 9 heteroatoms. The van der Waals surface area contributed by atoms with Crippen molar-refractivity contribution in [2.24, 2.45) is 0 Å². The first kappa shape index (κ1) is 19.7. The van der Waals surface area contributed by atoms with Crippen LogP contribution < -0.4 is 0 Å². The van der Waals surface area contributed by atoms with Gasteiger partial charge in [-0.25, -0.2) is 12.8 Å². The Kier molecular flexibility index (Phi) is 5.44. The van der Waals surface area contributed by atoms with Crippen LogP contribution in [0.4, 0.5) is 4.39 Å². The number of nitrogens with zero attached hydrogens (tertiary/aromatic N) is 3. The van der Waals surface area contributed by atoms with E-state index in [1.165, 1.54) is 10.4 Å². The molecule has 0 bridgehead atoms.